The number of para-hydroxylation sites is 1. The number of hydrogen-bond donors (Lipinski definition) is 2. The second kappa shape index (κ2) is 10.0. The number of carbonyl (C=O) groups excluding carboxylic acids is 1. The molecule has 0 aliphatic carbocycles. The molecule has 5 heteroatoms. The van der Waals surface area contributed by atoms with Crippen LogP contribution in [0.4, 0.5) is 0 Å². The third-order valence-electron chi connectivity index (χ3n) is 5.17. The number of H-pyrrole nitrogens is 1. The average Bonchev–Trinajstić information content (AvgIpc) is 3.23. The molecule has 0 unspecified atom stereocenters. The molecule has 4 rings (SSSR count). The summed E-state index contributed by atoms with van der Waals surface area (Å²) in [4.78, 5) is 18.0. The van der Waals surface area contributed by atoms with Gasteiger partial charge in [-0.1, -0.05) is 59.8 Å². The number of nitrogens with zero attached hydrogens (tertiary/aromatic N) is 1. The Hall–Kier alpha value is -3.75. The molecular formula is C27H23N3OS. The van der Waals surface area contributed by atoms with E-state index in [0.29, 0.717) is 13.0 Å². The molecule has 0 radical (unpaired) electrons. The van der Waals surface area contributed by atoms with E-state index < -0.39 is 0 Å². The highest BCUT2D eigenvalue weighted by Crippen LogP contribution is 2.28. The van der Waals surface area contributed by atoms with Gasteiger partial charge >= 0.3 is 0 Å². The zero-order valence-corrected chi connectivity index (χ0v) is 18.6. The molecule has 1 amide bonds. The van der Waals surface area contributed by atoms with Crippen LogP contribution in [0, 0.1) is 18.3 Å². The van der Waals surface area contributed by atoms with Crippen molar-refractivity contribution in [2.24, 2.45) is 0 Å². The van der Waals surface area contributed by atoms with Crippen molar-refractivity contribution >= 4 is 34.6 Å². The Morgan fingerprint density at radius 1 is 1.03 bits per heavy atom. The summed E-state index contributed by atoms with van der Waals surface area (Å²) in [5, 5.41) is 13.5. The van der Waals surface area contributed by atoms with Gasteiger partial charge < -0.3 is 10.3 Å². The maximum Gasteiger partial charge on any atom is 0.261 e. The summed E-state index contributed by atoms with van der Waals surface area (Å²) < 4.78 is 0. The van der Waals surface area contributed by atoms with Gasteiger partial charge in [0.15, 0.2) is 0 Å². The predicted molar refractivity (Wildman–Crippen MR) is 130 cm³/mol. The van der Waals surface area contributed by atoms with Crippen molar-refractivity contribution in [2.75, 3.05) is 6.54 Å². The minimum absolute atomic E-state index is 0.0999. The van der Waals surface area contributed by atoms with E-state index in [1.807, 2.05) is 54.7 Å². The van der Waals surface area contributed by atoms with Gasteiger partial charge in [0.2, 0.25) is 0 Å². The summed E-state index contributed by atoms with van der Waals surface area (Å²) in [5.41, 5.74) is 4.38. The lowest BCUT2D eigenvalue weighted by molar-refractivity contribution is -0.117. The molecule has 4 nitrogen and oxygen atoms in total. The topological polar surface area (TPSA) is 68.7 Å². The second-order valence-corrected chi connectivity index (χ2v) is 8.67. The van der Waals surface area contributed by atoms with Crippen LogP contribution >= 0.6 is 11.8 Å². The molecule has 0 fully saturated rings. The number of aryl methyl sites for hydroxylation is 1. The van der Waals surface area contributed by atoms with Crippen LogP contribution in [-0.2, 0) is 11.2 Å². The minimum atomic E-state index is -0.356. The Kier molecular flexibility index (Phi) is 6.74. The van der Waals surface area contributed by atoms with E-state index in [4.69, 9.17) is 0 Å². The quantitative estimate of drug-likeness (QED) is 0.280. The van der Waals surface area contributed by atoms with Crippen molar-refractivity contribution < 1.29 is 4.79 Å². The second-order valence-electron chi connectivity index (χ2n) is 7.52. The molecule has 1 heterocycles. The number of benzene rings is 3. The number of carbonyl (C=O) groups is 1. The maximum absolute atomic E-state index is 12.5. The number of rotatable bonds is 7. The van der Waals surface area contributed by atoms with Gasteiger partial charge in [0.25, 0.3) is 5.91 Å². The molecular weight excluding hydrogens is 414 g/mol. The first-order valence-corrected chi connectivity index (χ1v) is 11.2. The van der Waals surface area contributed by atoms with Crippen LogP contribution in [0.15, 0.2) is 94.4 Å². The lowest BCUT2D eigenvalue weighted by atomic mass is 10.1. The number of hydrogen-bond acceptors (Lipinski definition) is 3. The first-order valence-electron chi connectivity index (χ1n) is 10.4. The maximum atomic E-state index is 12.5. The molecule has 0 aliphatic heterocycles. The molecule has 0 saturated heterocycles. The summed E-state index contributed by atoms with van der Waals surface area (Å²) in [6.07, 6.45) is 4.29. The van der Waals surface area contributed by atoms with Gasteiger partial charge in [-0.05, 0) is 60.9 Å². The van der Waals surface area contributed by atoms with E-state index in [1.54, 1.807) is 17.8 Å². The Labute approximate surface area is 192 Å². The third kappa shape index (κ3) is 5.29. The molecule has 0 saturated carbocycles. The fourth-order valence-corrected chi connectivity index (χ4v) is 4.25. The van der Waals surface area contributed by atoms with Crippen LogP contribution in [0.3, 0.4) is 0 Å². The molecule has 0 spiro atoms. The molecule has 158 valence electrons. The molecule has 2 N–H and O–H groups in total. The zero-order valence-electron chi connectivity index (χ0n) is 17.8. The third-order valence-corrected chi connectivity index (χ3v) is 6.18. The highest BCUT2D eigenvalue weighted by atomic mass is 32.2. The standard InChI is InChI=1S/C27H23N3OS/c1-19-6-10-23(11-7-19)32-24-12-8-20(9-13-24)16-22(17-28)27(31)29-15-14-21-18-30-26-5-3-2-4-25(21)26/h2-13,16,18,30H,14-15H2,1H3,(H,29,31). The Morgan fingerprint density at radius 2 is 1.72 bits per heavy atom. The largest absolute Gasteiger partial charge is 0.361 e. The number of amides is 1. The molecule has 1 aromatic heterocycles. The number of aromatic nitrogens is 1. The SMILES string of the molecule is Cc1ccc(Sc2ccc(C=C(C#N)C(=O)NCCc3c[nH]c4ccccc34)cc2)cc1. The number of nitrogens with one attached hydrogen (secondary N) is 2. The van der Waals surface area contributed by atoms with Crippen LogP contribution in [0.5, 0.6) is 0 Å². The van der Waals surface area contributed by atoms with Gasteiger partial charge in [-0.15, -0.1) is 0 Å². The monoisotopic (exact) mass is 437 g/mol. The summed E-state index contributed by atoms with van der Waals surface area (Å²) in [6.45, 7) is 2.53. The first-order chi connectivity index (χ1) is 15.6. The van der Waals surface area contributed by atoms with Crippen LogP contribution in [0.2, 0.25) is 0 Å². The van der Waals surface area contributed by atoms with Crippen molar-refractivity contribution in [3.63, 3.8) is 0 Å². The fourth-order valence-electron chi connectivity index (χ4n) is 3.43. The zero-order chi connectivity index (χ0) is 22.3. The van der Waals surface area contributed by atoms with Gasteiger partial charge in [0, 0.05) is 33.4 Å². The molecule has 0 atom stereocenters. The van der Waals surface area contributed by atoms with Crippen molar-refractivity contribution in [3.8, 4) is 6.07 Å². The summed E-state index contributed by atoms with van der Waals surface area (Å²) in [7, 11) is 0. The minimum Gasteiger partial charge on any atom is -0.361 e. The Balaban J connectivity index is 1.35. The van der Waals surface area contributed by atoms with Gasteiger partial charge in [-0.25, -0.2) is 0 Å². The number of fused-ring (bicyclic) bond motifs is 1. The molecule has 4 aromatic rings. The van der Waals surface area contributed by atoms with E-state index in [1.165, 1.54) is 10.5 Å². The van der Waals surface area contributed by atoms with Crippen LogP contribution in [-0.4, -0.2) is 17.4 Å². The van der Waals surface area contributed by atoms with E-state index in [2.05, 4.69) is 47.6 Å². The lowest BCUT2D eigenvalue weighted by Crippen LogP contribution is -2.26. The average molecular weight is 438 g/mol. The highest BCUT2D eigenvalue weighted by molar-refractivity contribution is 7.99. The number of nitriles is 1. The number of aromatic amines is 1. The molecule has 3 aromatic carbocycles. The van der Waals surface area contributed by atoms with Crippen LogP contribution in [0.25, 0.3) is 17.0 Å². The molecule has 0 aliphatic rings. The highest BCUT2D eigenvalue weighted by Gasteiger charge is 2.10. The predicted octanol–water partition coefficient (Wildman–Crippen LogP) is 5.89. The Bertz CT molecular complexity index is 1300. The van der Waals surface area contributed by atoms with Crippen molar-refractivity contribution in [1.82, 2.24) is 10.3 Å². The fraction of sp³-hybridized carbons (Fsp3) is 0.111. The van der Waals surface area contributed by atoms with Crippen molar-refractivity contribution in [3.05, 3.63) is 101 Å². The first kappa shape index (κ1) is 21.5. The smallest absolute Gasteiger partial charge is 0.261 e. The van der Waals surface area contributed by atoms with Gasteiger partial charge in [0.1, 0.15) is 11.6 Å². The van der Waals surface area contributed by atoms with Crippen LogP contribution in [0.1, 0.15) is 16.7 Å². The molecule has 0 bridgehead atoms. The summed E-state index contributed by atoms with van der Waals surface area (Å²) >= 11 is 1.68. The van der Waals surface area contributed by atoms with E-state index in [-0.39, 0.29) is 11.5 Å². The van der Waals surface area contributed by atoms with E-state index in [9.17, 15) is 10.1 Å². The van der Waals surface area contributed by atoms with Gasteiger partial charge in [-0.3, -0.25) is 4.79 Å². The van der Waals surface area contributed by atoms with Crippen molar-refractivity contribution in [2.45, 2.75) is 23.1 Å². The van der Waals surface area contributed by atoms with E-state index >= 15 is 0 Å². The lowest BCUT2D eigenvalue weighted by Gasteiger charge is -2.05. The summed E-state index contributed by atoms with van der Waals surface area (Å²) in [6, 6.07) is 26.3. The summed E-state index contributed by atoms with van der Waals surface area (Å²) in [5.74, 6) is -0.356. The van der Waals surface area contributed by atoms with Gasteiger partial charge in [-0.2, -0.15) is 5.26 Å². The van der Waals surface area contributed by atoms with Crippen LogP contribution < -0.4 is 5.32 Å². The van der Waals surface area contributed by atoms with Crippen molar-refractivity contribution in [1.29, 1.82) is 5.26 Å². The van der Waals surface area contributed by atoms with E-state index in [0.717, 1.165) is 26.9 Å². The van der Waals surface area contributed by atoms with Gasteiger partial charge in [0.05, 0.1) is 0 Å². The Morgan fingerprint density at radius 3 is 2.44 bits per heavy atom. The molecule has 32 heavy (non-hydrogen) atoms. The normalized spacial score (nSPS) is 11.3.